The van der Waals surface area contributed by atoms with Gasteiger partial charge in [0, 0.05) is 12.1 Å². The summed E-state index contributed by atoms with van der Waals surface area (Å²) in [4.78, 5) is 25.7. The first-order valence-electron chi connectivity index (χ1n) is 8.47. The second-order valence-electron chi connectivity index (χ2n) is 6.28. The summed E-state index contributed by atoms with van der Waals surface area (Å²) in [5.74, 6) is -0.606. The fourth-order valence-electron chi connectivity index (χ4n) is 3.12. The van der Waals surface area contributed by atoms with Crippen molar-refractivity contribution >= 4 is 11.9 Å². The van der Waals surface area contributed by atoms with Crippen LogP contribution in [0.4, 0.5) is 0 Å². The van der Waals surface area contributed by atoms with Crippen LogP contribution in [0.15, 0.2) is 54.6 Å². The molecule has 0 saturated carbocycles. The van der Waals surface area contributed by atoms with E-state index in [9.17, 15) is 9.59 Å². The lowest BCUT2D eigenvalue weighted by Crippen LogP contribution is -2.36. The van der Waals surface area contributed by atoms with Gasteiger partial charge in [0.25, 0.3) is 0 Å². The molecule has 25 heavy (non-hydrogen) atoms. The molecule has 5 nitrogen and oxygen atoms in total. The Hall–Kier alpha value is -2.66. The Balaban J connectivity index is 1.58. The van der Waals surface area contributed by atoms with Gasteiger partial charge in [0.05, 0.1) is 0 Å². The van der Waals surface area contributed by atoms with Gasteiger partial charge in [-0.1, -0.05) is 42.5 Å². The summed E-state index contributed by atoms with van der Waals surface area (Å²) in [6.07, 6.45) is 1.79. The number of esters is 1. The zero-order valence-corrected chi connectivity index (χ0v) is 14.1. The van der Waals surface area contributed by atoms with E-state index in [0.29, 0.717) is 18.7 Å². The summed E-state index contributed by atoms with van der Waals surface area (Å²) in [5.41, 5.74) is 7.79. The molecule has 1 heterocycles. The number of hydrogen-bond donors (Lipinski definition) is 1. The predicted molar refractivity (Wildman–Crippen MR) is 94.6 cm³/mol. The van der Waals surface area contributed by atoms with Crippen molar-refractivity contribution < 1.29 is 14.3 Å². The normalized spacial score (nSPS) is 17.4. The lowest BCUT2D eigenvalue weighted by Gasteiger charge is -2.23. The highest BCUT2D eigenvalue weighted by Gasteiger charge is 2.31. The maximum Gasteiger partial charge on any atom is 0.323 e. The monoisotopic (exact) mass is 338 g/mol. The number of hydrogen-bond acceptors (Lipinski definition) is 4. The number of ether oxygens (including phenoxy) is 1. The highest BCUT2D eigenvalue weighted by Crippen LogP contribution is 2.22. The number of nitrogens with two attached hydrogens (primary N) is 1. The summed E-state index contributed by atoms with van der Waals surface area (Å²) >= 11 is 0. The molecule has 3 rings (SSSR count). The van der Waals surface area contributed by atoms with Gasteiger partial charge in [-0.3, -0.25) is 14.5 Å². The molecule has 1 atom stereocenters. The fraction of sp³-hybridized carbons (Fsp3) is 0.300. The standard InChI is InChI=1S/C20H22N2O3/c21-19(23)17-10-8-15(9-11-17)13-22-12-4-7-18(22)20(24)25-14-16-5-2-1-3-6-16/h1-3,5-6,8-11,18H,4,7,12-14H2,(H2,21,23)/t18-/m1/s1. The average Bonchev–Trinajstić information content (AvgIpc) is 3.09. The van der Waals surface area contributed by atoms with Gasteiger partial charge in [-0.05, 0) is 42.6 Å². The van der Waals surface area contributed by atoms with Crippen molar-refractivity contribution in [1.29, 1.82) is 0 Å². The minimum absolute atomic E-state index is 0.171. The molecule has 1 fully saturated rings. The number of rotatable bonds is 6. The van der Waals surface area contributed by atoms with Crippen LogP contribution < -0.4 is 5.73 Å². The van der Waals surface area contributed by atoms with Gasteiger partial charge >= 0.3 is 5.97 Å². The minimum atomic E-state index is -0.435. The molecule has 2 aromatic carbocycles. The van der Waals surface area contributed by atoms with Gasteiger partial charge in [-0.15, -0.1) is 0 Å². The number of carbonyl (C=O) groups excluding carboxylic acids is 2. The molecule has 0 aliphatic carbocycles. The smallest absolute Gasteiger partial charge is 0.323 e. The lowest BCUT2D eigenvalue weighted by atomic mass is 10.1. The third-order valence-electron chi connectivity index (χ3n) is 4.48. The van der Waals surface area contributed by atoms with E-state index in [1.165, 1.54) is 0 Å². The third-order valence-corrected chi connectivity index (χ3v) is 4.48. The summed E-state index contributed by atoms with van der Waals surface area (Å²) < 4.78 is 5.49. The Morgan fingerprint density at radius 3 is 2.44 bits per heavy atom. The van der Waals surface area contributed by atoms with Gasteiger partial charge in [0.15, 0.2) is 0 Å². The van der Waals surface area contributed by atoms with Gasteiger partial charge in [-0.25, -0.2) is 0 Å². The van der Waals surface area contributed by atoms with E-state index < -0.39 is 5.91 Å². The second kappa shape index (κ2) is 7.94. The summed E-state index contributed by atoms with van der Waals surface area (Å²) in [5, 5.41) is 0. The molecule has 2 N–H and O–H groups in total. The summed E-state index contributed by atoms with van der Waals surface area (Å²) in [6, 6.07) is 16.7. The van der Waals surface area contributed by atoms with Crippen LogP contribution in [0.1, 0.15) is 34.3 Å². The van der Waals surface area contributed by atoms with E-state index in [-0.39, 0.29) is 12.0 Å². The van der Waals surface area contributed by atoms with E-state index in [2.05, 4.69) is 4.90 Å². The first kappa shape index (κ1) is 17.2. The molecule has 0 bridgehead atoms. The highest BCUT2D eigenvalue weighted by molar-refractivity contribution is 5.92. The molecule has 1 amide bonds. The molecular weight excluding hydrogens is 316 g/mol. The molecule has 2 aromatic rings. The number of amides is 1. The van der Waals surface area contributed by atoms with Crippen LogP contribution in [-0.2, 0) is 22.7 Å². The molecule has 130 valence electrons. The molecule has 5 heteroatoms. The first-order valence-corrected chi connectivity index (χ1v) is 8.47. The van der Waals surface area contributed by atoms with Crippen molar-refractivity contribution in [3.63, 3.8) is 0 Å². The molecular formula is C20H22N2O3. The number of benzene rings is 2. The number of primary amides is 1. The lowest BCUT2D eigenvalue weighted by molar-refractivity contribution is -0.150. The van der Waals surface area contributed by atoms with Crippen LogP contribution in [0.2, 0.25) is 0 Å². The molecule has 0 radical (unpaired) electrons. The Morgan fingerprint density at radius 1 is 1.04 bits per heavy atom. The fourth-order valence-corrected chi connectivity index (χ4v) is 3.12. The predicted octanol–water partition coefficient (Wildman–Crippen LogP) is 2.49. The summed E-state index contributed by atoms with van der Waals surface area (Å²) in [6.45, 7) is 1.82. The molecule has 1 aliphatic heterocycles. The molecule has 1 saturated heterocycles. The van der Waals surface area contributed by atoms with Crippen molar-refractivity contribution in [3.8, 4) is 0 Å². The highest BCUT2D eigenvalue weighted by atomic mass is 16.5. The number of carbonyl (C=O) groups is 2. The maximum atomic E-state index is 12.4. The third kappa shape index (κ3) is 4.45. The zero-order chi connectivity index (χ0) is 17.6. The van der Waals surface area contributed by atoms with Gasteiger partial charge < -0.3 is 10.5 Å². The molecule has 0 aromatic heterocycles. The van der Waals surface area contributed by atoms with E-state index in [0.717, 1.165) is 30.5 Å². The van der Waals surface area contributed by atoms with Crippen molar-refractivity contribution in [3.05, 3.63) is 71.3 Å². The van der Waals surface area contributed by atoms with Crippen LogP contribution >= 0.6 is 0 Å². The maximum absolute atomic E-state index is 12.4. The van der Waals surface area contributed by atoms with Gasteiger partial charge in [0.1, 0.15) is 12.6 Å². The SMILES string of the molecule is NC(=O)c1ccc(CN2CCC[C@@H]2C(=O)OCc2ccccc2)cc1. The van der Waals surface area contributed by atoms with Crippen LogP contribution in [-0.4, -0.2) is 29.4 Å². The van der Waals surface area contributed by atoms with Crippen LogP contribution in [0.25, 0.3) is 0 Å². The Labute approximate surface area is 147 Å². The van der Waals surface area contributed by atoms with Crippen molar-refractivity contribution in [2.75, 3.05) is 6.54 Å². The quantitative estimate of drug-likeness (QED) is 0.822. The second-order valence-corrected chi connectivity index (χ2v) is 6.28. The van der Waals surface area contributed by atoms with Crippen molar-refractivity contribution in [1.82, 2.24) is 4.90 Å². The Morgan fingerprint density at radius 2 is 1.76 bits per heavy atom. The molecule has 0 spiro atoms. The topological polar surface area (TPSA) is 72.6 Å². The Kier molecular flexibility index (Phi) is 5.46. The van der Waals surface area contributed by atoms with Crippen molar-refractivity contribution in [2.45, 2.75) is 32.0 Å². The summed E-state index contributed by atoms with van der Waals surface area (Å²) in [7, 11) is 0. The minimum Gasteiger partial charge on any atom is -0.460 e. The zero-order valence-electron chi connectivity index (χ0n) is 14.1. The van der Waals surface area contributed by atoms with Gasteiger partial charge in [-0.2, -0.15) is 0 Å². The van der Waals surface area contributed by atoms with Crippen LogP contribution in [0.3, 0.4) is 0 Å². The number of nitrogens with zero attached hydrogens (tertiary/aromatic N) is 1. The molecule has 1 aliphatic rings. The largest absolute Gasteiger partial charge is 0.460 e. The van der Waals surface area contributed by atoms with Crippen molar-refractivity contribution in [2.24, 2.45) is 5.73 Å². The van der Waals surface area contributed by atoms with E-state index in [1.807, 2.05) is 42.5 Å². The molecule has 0 unspecified atom stereocenters. The Bertz CT molecular complexity index is 728. The van der Waals surface area contributed by atoms with Gasteiger partial charge in [0.2, 0.25) is 5.91 Å². The first-order chi connectivity index (χ1) is 12.1. The van der Waals surface area contributed by atoms with Crippen LogP contribution in [0, 0.1) is 0 Å². The average molecular weight is 338 g/mol. The van der Waals surface area contributed by atoms with E-state index in [4.69, 9.17) is 10.5 Å². The van der Waals surface area contributed by atoms with E-state index >= 15 is 0 Å². The van der Waals surface area contributed by atoms with Crippen LogP contribution in [0.5, 0.6) is 0 Å². The van der Waals surface area contributed by atoms with E-state index in [1.54, 1.807) is 12.1 Å². The number of likely N-dealkylation sites (tertiary alicyclic amines) is 1.